The first-order chi connectivity index (χ1) is 13.0. The number of hydrogen-bond acceptors (Lipinski definition) is 4. The Balaban J connectivity index is 1.72. The standard InChI is InChI=1S/C20H16BrN3O3/c1-13(14-6-9-16(10-7-14)24(26)27)22-23-20(25)12-15-8-11-19(21)18-5-3-2-4-17(15)18/h2-11H,12H2,1H3,(H,23,25)/b22-13-. The third-order valence-electron chi connectivity index (χ3n) is 4.16. The van der Waals surface area contributed by atoms with Gasteiger partial charge in [-0.2, -0.15) is 5.10 Å². The molecule has 3 rings (SSSR count). The predicted octanol–water partition coefficient (Wildman–Crippen LogP) is 4.59. The van der Waals surface area contributed by atoms with Crippen LogP contribution in [0, 0.1) is 10.1 Å². The molecule has 0 unspecified atom stereocenters. The van der Waals surface area contributed by atoms with Crippen molar-refractivity contribution in [1.82, 2.24) is 5.43 Å². The third kappa shape index (κ3) is 4.38. The van der Waals surface area contributed by atoms with Crippen LogP contribution < -0.4 is 5.43 Å². The summed E-state index contributed by atoms with van der Waals surface area (Å²) in [6.45, 7) is 1.73. The second-order valence-corrected chi connectivity index (χ2v) is 6.82. The zero-order valence-corrected chi connectivity index (χ0v) is 16.1. The average Bonchev–Trinajstić information content (AvgIpc) is 2.68. The number of nitro benzene ring substituents is 1. The normalized spacial score (nSPS) is 11.4. The summed E-state index contributed by atoms with van der Waals surface area (Å²) in [5.74, 6) is -0.233. The van der Waals surface area contributed by atoms with E-state index in [2.05, 4.69) is 26.5 Å². The first-order valence-corrected chi connectivity index (χ1v) is 8.99. The van der Waals surface area contributed by atoms with E-state index >= 15 is 0 Å². The van der Waals surface area contributed by atoms with Gasteiger partial charge in [0.1, 0.15) is 0 Å². The number of halogens is 1. The fraction of sp³-hybridized carbons (Fsp3) is 0.100. The van der Waals surface area contributed by atoms with Crippen LogP contribution in [0.15, 0.2) is 70.2 Å². The molecule has 1 N–H and O–H groups in total. The highest BCUT2D eigenvalue weighted by Crippen LogP contribution is 2.27. The van der Waals surface area contributed by atoms with Gasteiger partial charge in [0.25, 0.3) is 5.69 Å². The van der Waals surface area contributed by atoms with Gasteiger partial charge in [0.15, 0.2) is 0 Å². The molecular formula is C20H16BrN3O3. The van der Waals surface area contributed by atoms with Crippen molar-refractivity contribution in [1.29, 1.82) is 0 Å². The Hall–Kier alpha value is -3.06. The minimum Gasteiger partial charge on any atom is -0.273 e. The second-order valence-electron chi connectivity index (χ2n) is 5.97. The number of non-ortho nitro benzene ring substituents is 1. The molecule has 0 aliphatic heterocycles. The lowest BCUT2D eigenvalue weighted by molar-refractivity contribution is -0.384. The van der Waals surface area contributed by atoms with Gasteiger partial charge < -0.3 is 0 Å². The summed E-state index contributed by atoms with van der Waals surface area (Å²) in [4.78, 5) is 22.5. The van der Waals surface area contributed by atoms with Crippen molar-refractivity contribution in [3.63, 3.8) is 0 Å². The summed E-state index contributed by atoms with van der Waals surface area (Å²) in [7, 11) is 0. The van der Waals surface area contributed by atoms with E-state index in [1.165, 1.54) is 12.1 Å². The van der Waals surface area contributed by atoms with Gasteiger partial charge in [-0.05, 0) is 47.0 Å². The first kappa shape index (κ1) is 18.7. The zero-order valence-electron chi connectivity index (χ0n) is 14.5. The lowest BCUT2D eigenvalue weighted by Gasteiger charge is -2.08. The maximum atomic E-state index is 12.3. The zero-order chi connectivity index (χ0) is 19.4. The molecule has 0 atom stereocenters. The lowest BCUT2D eigenvalue weighted by Crippen LogP contribution is -2.21. The Morgan fingerprint density at radius 3 is 2.41 bits per heavy atom. The molecule has 6 nitrogen and oxygen atoms in total. The number of hydrogen-bond donors (Lipinski definition) is 1. The number of carbonyl (C=O) groups excluding carboxylic acids is 1. The highest BCUT2D eigenvalue weighted by atomic mass is 79.9. The van der Waals surface area contributed by atoms with Crippen molar-refractivity contribution in [2.24, 2.45) is 5.10 Å². The Labute approximate surface area is 164 Å². The summed E-state index contributed by atoms with van der Waals surface area (Å²) in [5, 5.41) is 16.9. The third-order valence-corrected chi connectivity index (χ3v) is 4.85. The van der Waals surface area contributed by atoms with Crippen molar-refractivity contribution >= 4 is 44.0 Å². The molecule has 3 aromatic carbocycles. The van der Waals surface area contributed by atoms with Crippen LogP contribution in [-0.2, 0) is 11.2 Å². The summed E-state index contributed by atoms with van der Waals surface area (Å²) in [5.41, 5.74) is 4.74. The molecule has 7 heteroatoms. The van der Waals surface area contributed by atoms with Gasteiger partial charge in [-0.25, -0.2) is 5.43 Å². The molecule has 27 heavy (non-hydrogen) atoms. The summed E-state index contributed by atoms with van der Waals surface area (Å²) in [6, 6.07) is 17.7. The minimum atomic E-state index is -0.458. The molecule has 0 saturated heterocycles. The Kier molecular flexibility index (Phi) is 5.61. The van der Waals surface area contributed by atoms with Gasteiger partial charge in [0.2, 0.25) is 5.91 Å². The lowest BCUT2D eigenvalue weighted by atomic mass is 10.0. The number of amides is 1. The molecule has 0 heterocycles. The van der Waals surface area contributed by atoms with Crippen molar-refractivity contribution in [3.8, 4) is 0 Å². The van der Waals surface area contributed by atoms with Crippen molar-refractivity contribution in [2.45, 2.75) is 13.3 Å². The summed E-state index contributed by atoms with van der Waals surface area (Å²) < 4.78 is 0.981. The number of carbonyl (C=O) groups is 1. The van der Waals surface area contributed by atoms with Gasteiger partial charge >= 0.3 is 0 Å². The van der Waals surface area contributed by atoms with Gasteiger partial charge in [-0.15, -0.1) is 0 Å². The molecule has 3 aromatic rings. The van der Waals surface area contributed by atoms with Crippen LogP contribution in [0.25, 0.3) is 10.8 Å². The van der Waals surface area contributed by atoms with Crippen LogP contribution >= 0.6 is 15.9 Å². The fourth-order valence-electron chi connectivity index (χ4n) is 2.73. The van der Waals surface area contributed by atoms with E-state index in [0.29, 0.717) is 11.3 Å². The van der Waals surface area contributed by atoms with Gasteiger partial charge in [0, 0.05) is 16.6 Å². The van der Waals surface area contributed by atoms with Gasteiger partial charge in [0.05, 0.1) is 17.1 Å². The van der Waals surface area contributed by atoms with Crippen LogP contribution in [-0.4, -0.2) is 16.5 Å². The number of nitrogens with zero attached hydrogens (tertiary/aromatic N) is 2. The molecule has 0 fully saturated rings. The molecule has 0 aliphatic rings. The molecule has 1 amide bonds. The van der Waals surface area contributed by atoms with E-state index in [1.807, 2.05) is 36.4 Å². The monoisotopic (exact) mass is 425 g/mol. The molecule has 0 saturated carbocycles. The average molecular weight is 426 g/mol. The molecule has 0 spiro atoms. The van der Waals surface area contributed by atoms with E-state index < -0.39 is 4.92 Å². The smallest absolute Gasteiger partial charge is 0.269 e. The number of rotatable bonds is 5. The fourth-order valence-corrected chi connectivity index (χ4v) is 3.20. The largest absolute Gasteiger partial charge is 0.273 e. The number of hydrazone groups is 1. The molecular weight excluding hydrogens is 410 g/mol. The van der Waals surface area contributed by atoms with Crippen molar-refractivity contribution in [2.75, 3.05) is 0 Å². The van der Waals surface area contributed by atoms with Crippen molar-refractivity contribution < 1.29 is 9.72 Å². The number of benzene rings is 3. The molecule has 0 radical (unpaired) electrons. The van der Waals surface area contributed by atoms with Crippen LogP contribution in [0.4, 0.5) is 5.69 Å². The van der Waals surface area contributed by atoms with Crippen LogP contribution in [0.2, 0.25) is 0 Å². The van der Waals surface area contributed by atoms with Gasteiger partial charge in [-0.3, -0.25) is 14.9 Å². The maximum absolute atomic E-state index is 12.3. The Morgan fingerprint density at radius 2 is 1.74 bits per heavy atom. The Morgan fingerprint density at radius 1 is 1.07 bits per heavy atom. The number of nitro groups is 1. The van der Waals surface area contributed by atoms with E-state index in [9.17, 15) is 14.9 Å². The van der Waals surface area contributed by atoms with Crippen LogP contribution in [0.1, 0.15) is 18.1 Å². The van der Waals surface area contributed by atoms with Crippen LogP contribution in [0.5, 0.6) is 0 Å². The number of fused-ring (bicyclic) bond motifs is 1. The van der Waals surface area contributed by atoms with E-state index in [4.69, 9.17) is 0 Å². The first-order valence-electron chi connectivity index (χ1n) is 8.20. The molecule has 0 bridgehead atoms. The Bertz CT molecular complexity index is 1050. The molecule has 0 aliphatic carbocycles. The quantitative estimate of drug-likeness (QED) is 0.368. The van der Waals surface area contributed by atoms with Crippen molar-refractivity contribution in [3.05, 3.63) is 86.4 Å². The van der Waals surface area contributed by atoms with Crippen LogP contribution in [0.3, 0.4) is 0 Å². The highest BCUT2D eigenvalue weighted by molar-refractivity contribution is 9.10. The maximum Gasteiger partial charge on any atom is 0.269 e. The highest BCUT2D eigenvalue weighted by Gasteiger charge is 2.09. The number of nitrogens with one attached hydrogen (secondary N) is 1. The SMILES string of the molecule is C/C(=N/NC(=O)Cc1ccc(Br)c2ccccc12)c1ccc([N+](=O)[O-])cc1. The summed E-state index contributed by atoms with van der Waals surface area (Å²) in [6.07, 6.45) is 0.199. The predicted molar refractivity (Wildman–Crippen MR) is 109 cm³/mol. The van der Waals surface area contributed by atoms with E-state index in [0.717, 1.165) is 20.8 Å². The van der Waals surface area contributed by atoms with Gasteiger partial charge in [-0.1, -0.05) is 46.3 Å². The summed E-state index contributed by atoms with van der Waals surface area (Å²) >= 11 is 3.52. The molecule has 0 aromatic heterocycles. The minimum absolute atomic E-state index is 0.0118. The second kappa shape index (κ2) is 8.09. The molecule has 136 valence electrons. The van der Waals surface area contributed by atoms with E-state index in [1.54, 1.807) is 19.1 Å². The topological polar surface area (TPSA) is 84.6 Å². The van der Waals surface area contributed by atoms with E-state index in [-0.39, 0.29) is 18.0 Å².